The maximum absolute atomic E-state index is 12.0. The van der Waals surface area contributed by atoms with E-state index in [2.05, 4.69) is 14.9 Å². The van der Waals surface area contributed by atoms with Gasteiger partial charge in [-0.1, -0.05) is 20.8 Å². The van der Waals surface area contributed by atoms with Gasteiger partial charge in [-0.2, -0.15) is 13.1 Å². The summed E-state index contributed by atoms with van der Waals surface area (Å²) in [6, 6.07) is -0.737. The number of aromatic nitrogens is 2. The molecule has 0 unspecified atom stereocenters. The Labute approximate surface area is 111 Å². The third-order valence-corrected chi connectivity index (χ3v) is 4.28. The van der Waals surface area contributed by atoms with Crippen LogP contribution in [0.25, 0.3) is 0 Å². The second kappa shape index (κ2) is 4.89. The Morgan fingerprint density at radius 2 is 2.00 bits per heavy atom. The summed E-state index contributed by atoms with van der Waals surface area (Å²) in [4.78, 5) is 12.0. The van der Waals surface area contributed by atoms with Crippen molar-refractivity contribution in [3.8, 4) is 0 Å². The summed E-state index contributed by atoms with van der Waals surface area (Å²) in [5.74, 6) is -0.0974. The van der Waals surface area contributed by atoms with Crippen molar-refractivity contribution in [1.29, 1.82) is 0 Å². The van der Waals surface area contributed by atoms with Gasteiger partial charge in [0.25, 0.3) is 5.91 Å². The van der Waals surface area contributed by atoms with E-state index in [9.17, 15) is 13.2 Å². The SMILES string of the molecule is CCc1nnc(CN2C(=O)[C@H](C(C)C)NS2(=O)=O)o1. The first-order valence-electron chi connectivity index (χ1n) is 6.00. The summed E-state index contributed by atoms with van der Waals surface area (Å²) >= 11 is 0. The molecule has 1 saturated heterocycles. The van der Waals surface area contributed by atoms with Crippen LogP contribution < -0.4 is 4.72 Å². The van der Waals surface area contributed by atoms with E-state index in [0.29, 0.717) is 12.3 Å². The van der Waals surface area contributed by atoms with Crippen molar-refractivity contribution in [2.75, 3.05) is 0 Å². The highest BCUT2D eigenvalue weighted by Gasteiger charge is 2.44. The molecule has 2 heterocycles. The lowest BCUT2D eigenvalue weighted by molar-refractivity contribution is -0.128. The van der Waals surface area contributed by atoms with Crippen LogP contribution in [0.15, 0.2) is 4.42 Å². The minimum absolute atomic E-state index is 0.111. The predicted octanol–water partition coefficient (Wildman–Crippen LogP) is -0.167. The number of hydrogen-bond acceptors (Lipinski definition) is 6. The van der Waals surface area contributed by atoms with Gasteiger partial charge < -0.3 is 4.42 Å². The molecule has 0 aliphatic carbocycles. The topological polar surface area (TPSA) is 105 Å². The minimum atomic E-state index is -3.82. The van der Waals surface area contributed by atoms with Gasteiger partial charge >= 0.3 is 10.2 Å². The van der Waals surface area contributed by atoms with Crippen LogP contribution in [0.3, 0.4) is 0 Å². The van der Waals surface area contributed by atoms with E-state index in [1.165, 1.54) is 0 Å². The molecular weight excluding hydrogens is 272 g/mol. The lowest BCUT2D eigenvalue weighted by Crippen LogP contribution is -2.34. The zero-order valence-electron chi connectivity index (χ0n) is 11.0. The van der Waals surface area contributed by atoms with Crippen LogP contribution in [0.1, 0.15) is 32.6 Å². The Kier molecular flexibility index (Phi) is 3.59. The van der Waals surface area contributed by atoms with Crippen LogP contribution >= 0.6 is 0 Å². The second-order valence-corrected chi connectivity index (χ2v) is 6.26. The minimum Gasteiger partial charge on any atom is -0.423 e. The fraction of sp³-hybridized carbons (Fsp3) is 0.700. The van der Waals surface area contributed by atoms with Crippen LogP contribution in [0, 0.1) is 5.92 Å². The number of aryl methyl sites for hydroxylation is 1. The van der Waals surface area contributed by atoms with E-state index < -0.39 is 22.2 Å². The van der Waals surface area contributed by atoms with Gasteiger partial charge in [0.15, 0.2) is 0 Å². The first-order chi connectivity index (χ1) is 8.85. The van der Waals surface area contributed by atoms with Crippen molar-refractivity contribution in [2.45, 2.75) is 39.8 Å². The summed E-state index contributed by atoms with van der Waals surface area (Å²) in [7, 11) is -3.82. The summed E-state index contributed by atoms with van der Waals surface area (Å²) in [5.41, 5.74) is 0. The molecule has 0 saturated carbocycles. The van der Waals surface area contributed by atoms with Crippen LogP contribution in [0.5, 0.6) is 0 Å². The average Bonchev–Trinajstić information content (AvgIpc) is 2.87. The smallest absolute Gasteiger partial charge is 0.305 e. The second-order valence-electron chi connectivity index (χ2n) is 4.63. The molecule has 1 aromatic heterocycles. The quantitative estimate of drug-likeness (QED) is 0.824. The van der Waals surface area contributed by atoms with Crippen molar-refractivity contribution < 1.29 is 17.6 Å². The average molecular weight is 288 g/mol. The molecule has 1 amide bonds. The van der Waals surface area contributed by atoms with E-state index in [1.807, 2.05) is 6.92 Å². The third kappa shape index (κ3) is 2.61. The van der Waals surface area contributed by atoms with Crippen molar-refractivity contribution in [3.63, 3.8) is 0 Å². The summed E-state index contributed by atoms with van der Waals surface area (Å²) in [5, 5.41) is 7.45. The Hall–Kier alpha value is -1.48. The first-order valence-corrected chi connectivity index (χ1v) is 7.44. The maximum Gasteiger partial charge on any atom is 0.305 e. The predicted molar refractivity (Wildman–Crippen MR) is 64.9 cm³/mol. The summed E-state index contributed by atoms with van der Waals surface area (Å²) in [6.07, 6.45) is 0.556. The number of carbonyl (C=O) groups is 1. The van der Waals surface area contributed by atoms with Crippen molar-refractivity contribution in [1.82, 2.24) is 19.2 Å². The molecule has 19 heavy (non-hydrogen) atoms. The Bertz CT molecular complexity index is 580. The normalized spacial score (nSPS) is 22.4. The molecule has 1 atom stereocenters. The van der Waals surface area contributed by atoms with Gasteiger partial charge in [-0.3, -0.25) is 4.79 Å². The Morgan fingerprint density at radius 3 is 2.47 bits per heavy atom. The number of hydrogen-bond donors (Lipinski definition) is 1. The zero-order chi connectivity index (χ0) is 14.2. The summed E-state index contributed by atoms with van der Waals surface area (Å²) < 4.78 is 32.0. The van der Waals surface area contributed by atoms with Crippen LogP contribution in [0.4, 0.5) is 0 Å². The number of carbonyl (C=O) groups excluding carboxylic acids is 1. The number of nitrogens with zero attached hydrogens (tertiary/aromatic N) is 3. The highest BCUT2D eigenvalue weighted by Crippen LogP contribution is 2.20. The number of rotatable bonds is 4. The molecule has 0 aromatic carbocycles. The fourth-order valence-corrected chi connectivity index (χ4v) is 3.20. The Morgan fingerprint density at radius 1 is 1.37 bits per heavy atom. The van der Waals surface area contributed by atoms with Crippen molar-refractivity contribution in [3.05, 3.63) is 11.8 Å². The molecule has 1 aliphatic heterocycles. The maximum atomic E-state index is 12.0. The molecule has 0 bridgehead atoms. The van der Waals surface area contributed by atoms with E-state index in [4.69, 9.17) is 4.42 Å². The largest absolute Gasteiger partial charge is 0.423 e. The van der Waals surface area contributed by atoms with Crippen molar-refractivity contribution >= 4 is 16.1 Å². The van der Waals surface area contributed by atoms with E-state index in [1.54, 1.807) is 13.8 Å². The third-order valence-electron chi connectivity index (χ3n) is 2.83. The fourth-order valence-electron chi connectivity index (χ4n) is 1.75. The highest BCUT2D eigenvalue weighted by atomic mass is 32.2. The molecule has 8 nitrogen and oxygen atoms in total. The molecule has 9 heteroatoms. The molecular formula is C10H16N4O4S. The lowest BCUT2D eigenvalue weighted by atomic mass is 10.1. The van der Waals surface area contributed by atoms with Gasteiger partial charge in [0.05, 0.1) is 0 Å². The number of amides is 1. The van der Waals surface area contributed by atoms with E-state index in [-0.39, 0.29) is 18.4 Å². The lowest BCUT2D eigenvalue weighted by Gasteiger charge is -2.12. The zero-order valence-corrected chi connectivity index (χ0v) is 11.8. The molecule has 0 spiro atoms. The van der Waals surface area contributed by atoms with E-state index >= 15 is 0 Å². The van der Waals surface area contributed by atoms with Gasteiger partial charge in [0, 0.05) is 6.42 Å². The molecule has 1 N–H and O–H groups in total. The van der Waals surface area contributed by atoms with Crippen LogP contribution in [-0.2, 0) is 28.0 Å². The molecule has 1 fully saturated rings. The highest BCUT2D eigenvalue weighted by molar-refractivity contribution is 7.88. The van der Waals surface area contributed by atoms with Crippen LogP contribution in [0.2, 0.25) is 0 Å². The Balaban J connectivity index is 2.21. The molecule has 1 aliphatic rings. The molecule has 106 valence electrons. The van der Waals surface area contributed by atoms with E-state index in [0.717, 1.165) is 4.31 Å². The van der Waals surface area contributed by atoms with Gasteiger partial charge in [-0.05, 0) is 5.92 Å². The van der Waals surface area contributed by atoms with Gasteiger partial charge in [0.1, 0.15) is 12.6 Å². The van der Waals surface area contributed by atoms with Gasteiger partial charge in [-0.25, -0.2) is 4.31 Å². The molecule has 0 radical (unpaired) electrons. The number of nitrogens with one attached hydrogen (secondary N) is 1. The van der Waals surface area contributed by atoms with Gasteiger partial charge in [-0.15, -0.1) is 10.2 Å². The van der Waals surface area contributed by atoms with Gasteiger partial charge in [0.2, 0.25) is 11.8 Å². The van der Waals surface area contributed by atoms with Crippen LogP contribution in [-0.4, -0.2) is 34.9 Å². The monoisotopic (exact) mass is 288 g/mol. The first kappa shape index (κ1) is 13.9. The van der Waals surface area contributed by atoms with Crippen molar-refractivity contribution in [2.24, 2.45) is 5.92 Å². The molecule has 1 aromatic rings. The standard InChI is InChI=1S/C10H16N4O4S/c1-4-7-11-12-8(18-7)5-14-10(15)9(6(2)3)13-19(14,16)17/h6,9,13H,4-5H2,1-3H3/t9-/m0/s1. The molecule has 2 rings (SSSR count). The summed E-state index contributed by atoms with van der Waals surface area (Å²) in [6.45, 7) is 5.16.